The molecule has 1 N–H and O–H groups in total. The molecule has 3 aromatic rings. The second kappa shape index (κ2) is 11.9. The normalized spacial score (nSPS) is 14.1. The SMILES string of the molecule is Cc1ccc(S(=O)(=O)N(CC(=O)Nc2ccccc2C(=O)N2CCCCCC2)c2cccc(Br)c2)cc1. The van der Waals surface area contributed by atoms with Crippen LogP contribution in [0.15, 0.2) is 82.2 Å². The Morgan fingerprint density at radius 1 is 0.919 bits per heavy atom. The third-order valence-corrected chi connectivity index (χ3v) is 8.60. The average molecular weight is 585 g/mol. The number of carbonyl (C=O) groups excluding carboxylic acids is 2. The summed E-state index contributed by atoms with van der Waals surface area (Å²) in [4.78, 5) is 28.4. The number of para-hydroxylation sites is 1. The van der Waals surface area contributed by atoms with Crippen LogP contribution >= 0.6 is 15.9 Å². The fraction of sp³-hybridized carbons (Fsp3) is 0.286. The Hall–Kier alpha value is -3.17. The molecule has 1 fully saturated rings. The minimum Gasteiger partial charge on any atom is -0.339 e. The third-order valence-electron chi connectivity index (χ3n) is 6.32. The van der Waals surface area contributed by atoms with E-state index in [4.69, 9.17) is 0 Å². The standard InChI is InChI=1S/C28H30BrN3O4S/c1-21-13-15-24(16-14-21)37(35,36)32(23-10-8-9-22(29)19-23)20-27(33)30-26-12-5-4-11-25(26)28(34)31-17-6-2-3-7-18-31/h4-5,8-16,19H,2-3,6-7,17-18,20H2,1H3,(H,30,33). The molecule has 2 amide bonds. The first-order chi connectivity index (χ1) is 17.8. The maximum absolute atomic E-state index is 13.6. The summed E-state index contributed by atoms with van der Waals surface area (Å²) in [5, 5.41) is 2.79. The van der Waals surface area contributed by atoms with Gasteiger partial charge in [0.1, 0.15) is 6.54 Å². The van der Waals surface area contributed by atoms with Crippen molar-refractivity contribution < 1.29 is 18.0 Å². The molecule has 0 spiro atoms. The molecule has 0 unspecified atom stereocenters. The first-order valence-corrected chi connectivity index (χ1v) is 14.5. The highest BCUT2D eigenvalue weighted by atomic mass is 79.9. The number of likely N-dealkylation sites (tertiary alicyclic amines) is 1. The van der Waals surface area contributed by atoms with E-state index >= 15 is 0 Å². The number of halogens is 1. The van der Waals surface area contributed by atoms with Crippen LogP contribution in [0.3, 0.4) is 0 Å². The van der Waals surface area contributed by atoms with Crippen molar-refractivity contribution in [2.24, 2.45) is 0 Å². The van der Waals surface area contributed by atoms with Crippen LogP contribution in [0.5, 0.6) is 0 Å². The van der Waals surface area contributed by atoms with Gasteiger partial charge in [-0.1, -0.05) is 64.7 Å². The molecule has 1 aliphatic rings. The van der Waals surface area contributed by atoms with Crippen molar-refractivity contribution in [2.45, 2.75) is 37.5 Å². The third kappa shape index (κ3) is 6.59. The molecule has 4 rings (SSSR count). The summed E-state index contributed by atoms with van der Waals surface area (Å²) < 4.78 is 29.0. The maximum atomic E-state index is 13.6. The van der Waals surface area contributed by atoms with E-state index in [0.717, 1.165) is 35.6 Å². The second-order valence-corrected chi connectivity index (χ2v) is 11.9. The summed E-state index contributed by atoms with van der Waals surface area (Å²) in [6.07, 6.45) is 4.11. The van der Waals surface area contributed by atoms with E-state index in [1.54, 1.807) is 60.7 Å². The lowest BCUT2D eigenvalue weighted by Crippen LogP contribution is -2.38. The predicted molar refractivity (Wildman–Crippen MR) is 149 cm³/mol. The quantitative estimate of drug-likeness (QED) is 0.392. The Bertz CT molecular complexity index is 1370. The number of nitrogens with zero attached hydrogens (tertiary/aromatic N) is 2. The molecule has 1 aliphatic heterocycles. The summed E-state index contributed by atoms with van der Waals surface area (Å²) in [6.45, 7) is 2.79. The van der Waals surface area contributed by atoms with Gasteiger partial charge < -0.3 is 10.2 Å². The molecule has 37 heavy (non-hydrogen) atoms. The summed E-state index contributed by atoms with van der Waals surface area (Å²) in [7, 11) is -4.05. The van der Waals surface area contributed by atoms with E-state index in [-0.39, 0.29) is 10.8 Å². The topological polar surface area (TPSA) is 86.8 Å². The van der Waals surface area contributed by atoms with Gasteiger partial charge in [0, 0.05) is 17.6 Å². The van der Waals surface area contributed by atoms with Crippen LogP contribution in [0.4, 0.5) is 11.4 Å². The fourth-order valence-electron chi connectivity index (χ4n) is 4.33. The number of anilines is 2. The van der Waals surface area contributed by atoms with Crippen molar-refractivity contribution in [2.75, 3.05) is 29.3 Å². The Balaban J connectivity index is 1.61. The van der Waals surface area contributed by atoms with Crippen molar-refractivity contribution in [3.8, 4) is 0 Å². The Morgan fingerprint density at radius 3 is 2.27 bits per heavy atom. The van der Waals surface area contributed by atoms with Crippen LogP contribution in [0.2, 0.25) is 0 Å². The van der Waals surface area contributed by atoms with Crippen molar-refractivity contribution >= 4 is 49.1 Å². The molecular formula is C28H30BrN3O4S. The molecule has 9 heteroatoms. The van der Waals surface area contributed by atoms with E-state index in [2.05, 4.69) is 21.2 Å². The van der Waals surface area contributed by atoms with Gasteiger partial charge in [0.05, 0.1) is 21.8 Å². The van der Waals surface area contributed by atoms with Gasteiger partial charge in [-0.05, 0) is 62.2 Å². The Morgan fingerprint density at radius 2 is 1.59 bits per heavy atom. The smallest absolute Gasteiger partial charge is 0.264 e. The Kier molecular flexibility index (Phi) is 8.66. The van der Waals surface area contributed by atoms with E-state index in [1.807, 2.05) is 11.8 Å². The highest BCUT2D eigenvalue weighted by Gasteiger charge is 2.28. The van der Waals surface area contributed by atoms with Gasteiger partial charge in [0.25, 0.3) is 15.9 Å². The summed E-state index contributed by atoms with van der Waals surface area (Å²) in [6, 6.07) is 20.1. The van der Waals surface area contributed by atoms with Crippen LogP contribution in [-0.2, 0) is 14.8 Å². The lowest BCUT2D eigenvalue weighted by Gasteiger charge is -2.25. The maximum Gasteiger partial charge on any atom is 0.264 e. The first kappa shape index (κ1) is 26.9. The zero-order valence-corrected chi connectivity index (χ0v) is 23.1. The summed E-state index contributed by atoms with van der Waals surface area (Å²) in [5.74, 6) is -0.680. The number of carbonyl (C=O) groups is 2. The molecule has 0 radical (unpaired) electrons. The zero-order chi connectivity index (χ0) is 26.4. The highest BCUT2D eigenvalue weighted by Crippen LogP contribution is 2.27. The van der Waals surface area contributed by atoms with Crippen molar-refractivity contribution in [3.63, 3.8) is 0 Å². The highest BCUT2D eigenvalue weighted by molar-refractivity contribution is 9.10. The number of benzene rings is 3. The average Bonchev–Trinajstić information content (AvgIpc) is 3.17. The van der Waals surface area contributed by atoms with Gasteiger partial charge in [-0.3, -0.25) is 13.9 Å². The largest absolute Gasteiger partial charge is 0.339 e. The van der Waals surface area contributed by atoms with Gasteiger partial charge in [-0.2, -0.15) is 0 Å². The fourth-order valence-corrected chi connectivity index (χ4v) is 6.13. The van der Waals surface area contributed by atoms with Crippen molar-refractivity contribution in [1.29, 1.82) is 0 Å². The van der Waals surface area contributed by atoms with Gasteiger partial charge in [0.2, 0.25) is 5.91 Å². The number of nitrogens with one attached hydrogen (secondary N) is 1. The summed E-state index contributed by atoms with van der Waals surface area (Å²) in [5.41, 5.74) is 2.03. The van der Waals surface area contributed by atoms with Crippen LogP contribution in [0, 0.1) is 6.92 Å². The Labute approximate surface area is 226 Å². The van der Waals surface area contributed by atoms with E-state index < -0.39 is 22.5 Å². The zero-order valence-electron chi connectivity index (χ0n) is 20.7. The molecular weight excluding hydrogens is 554 g/mol. The van der Waals surface area contributed by atoms with Crippen LogP contribution in [-0.4, -0.2) is 44.8 Å². The van der Waals surface area contributed by atoms with Gasteiger partial charge in [0.15, 0.2) is 0 Å². The number of hydrogen-bond acceptors (Lipinski definition) is 4. The second-order valence-electron chi connectivity index (χ2n) is 9.10. The molecule has 3 aromatic carbocycles. The van der Waals surface area contributed by atoms with Gasteiger partial charge in [-0.15, -0.1) is 0 Å². The minimum absolute atomic E-state index is 0.0858. The predicted octanol–water partition coefficient (Wildman–Crippen LogP) is 5.61. The van der Waals surface area contributed by atoms with Gasteiger partial charge in [-0.25, -0.2) is 8.42 Å². The van der Waals surface area contributed by atoms with Crippen molar-refractivity contribution in [1.82, 2.24) is 4.90 Å². The number of hydrogen-bond donors (Lipinski definition) is 1. The molecule has 0 aromatic heterocycles. The van der Waals surface area contributed by atoms with Gasteiger partial charge >= 0.3 is 0 Å². The van der Waals surface area contributed by atoms with Crippen LogP contribution in [0.1, 0.15) is 41.6 Å². The molecule has 7 nitrogen and oxygen atoms in total. The first-order valence-electron chi connectivity index (χ1n) is 12.3. The molecule has 0 atom stereocenters. The lowest BCUT2D eigenvalue weighted by atomic mass is 10.1. The van der Waals surface area contributed by atoms with Crippen molar-refractivity contribution in [3.05, 3.63) is 88.4 Å². The van der Waals surface area contributed by atoms with Crippen LogP contribution in [0.25, 0.3) is 0 Å². The number of amides is 2. The number of aryl methyl sites for hydroxylation is 1. The molecule has 0 saturated carbocycles. The number of sulfonamides is 1. The molecule has 0 aliphatic carbocycles. The molecule has 0 bridgehead atoms. The molecule has 1 saturated heterocycles. The monoisotopic (exact) mass is 583 g/mol. The molecule has 194 valence electrons. The number of rotatable bonds is 7. The lowest BCUT2D eigenvalue weighted by molar-refractivity contribution is -0.114. The van der Waals surface area contributed by atoms with E-state index in [1.165, 1.54) is 12.1 Å². The minimum atomic E-state index is -4.05. The van der Waals surface area contributed by atoms with E-state index in [9.17, 15) is 18.0 Å². The summed E-state index contributed by atoms with van der Waals surface area (Å²) >= 11 is 3.39. The molecule has 1 heterocycles. The van der Waals surface area contributed by atoms with E-state index in [0.29, 0.717) is 34.5 Å². The van der Waals surface area contributed by atoms with Crippen LogP contribution < -0.4 is 9.62 Å².